The molecule has 0 radical (unpaired) electrons. The van der Waals surface area contributed by atoms with Crippen LogP contribution >= 0.6 is 0 Å². The maximum atomic E-state index is 13.5. The van der Waals surface area contributed by atoms with Gasteiger partial charge in [-0.25, -0.2) is 8.78 Å². The van der Waals surface area contributed by atoms with Crippen LogP contribution in [0.1, 0.15) is 24.1 Å². The van der Waals surface area contributed by atoms with E-state index in [0.717, 1.165) is 23.4 Å². The Balaban J connectivity index is 2.04. The Bertz CT molecular complexity index is 586. The van der Waals surface area contributed by atoms with Crippen molar-refractivity contribution in [3.63, 3.8) is 0 Å². The quantitative estimate of drug-likeness (QED) is 0.897. The van der Waals surface area contributed by atoms with E-state index < -0.39 is 11.6 Å². The maximum Gasteiger partial charge on any atom is 0.127 e. The van der Waals surface area contributed by atoms with Gasteiger partial charge in [-0.1, -0.05) is 12.1 Å². The van der Waals surface area contributed by atoms with Crippen molar-refractivity contribution in [2.45, 2.75) is 19.5 Å². The second-order valence-corrected chi connectivity index (χ2v) is 4.61. The van der Waals surface area contributed by atoms with E-state index in [4.69, 9.17) is 4.74 Å². The molecule has 2 aromatic rings. The van der Waals surface area contributed by atoms with Crippen molar-refractivity contribution in [1.82, 2.24) is 5.32 Å². The summed E-state index contributed by atoms with van der Waals surface area (Å²) in [6, 6.07) is 11.1. The van der Waals surface area contributed by atoms with Crippen LogP contribution in [-0.2, 0) is 6.54 Å². The van der Waals surface area contributed by atoms with Crippen LogP contribution in [0.15, 0.2) is 42.5 Å². The van der Waals surface area contributed by atoms with Crippen molar-refractivity contribution in [2.75, 3.05) is 7.11 Å². The third-order valence-electron chi connectivity index (χ3n) is 3.20. The molecule has 0 aliphatic rings. The van der Waals surface area contributed by atoms with Gasteiger partial charge in [0, 0.05) is 18.2 Å². The third-order valence-corrected chi connectivity index (χ3v) is 3.20. The Morgan fingerprint density at radius 3 is 2.70 bits per heavy atom. The summed E-state index contributed by atoms with van der Waals surface area (Å²) in [6.07, 6.45) is 0. The van der Waals surface area contributed by atoms with E-state index in [0.29, 0.717) is 5.56 Å². The Morgan fingerprint density at radius 2 is 1.95 bits per heavy atom. The van der Waals surface area contributed by atoms with E-state index in [1.54, 1.807) is 7.11 Å². The highest BCUT2D eigenvalue weighted by Crippen LogP contribution is 2.19. The molecule has 2 rings (SSSR count). The van der Waals surface area contributed by atoms with E-state index in [1.165, 1.54) is 6.07 Å². The van der Waals surface area contributed by atoms with Crippen LogP contribution in [0.5, 0.6) is 5.75 Å². The lowest BCUT2D eigenvalue weighted by atomic mass is 10.1. The molecule has 0 amide bonds. The zero-order valence-electron chi connectivity index (χ0n) is 11.5. The molecule has 0 fully saturated rings. The summed E-state index contributed by atoms with van der Waals surface area (Å²) < 4.78 is 31.8. The molecular weight excluding hydrogens is 260 g/mol. The van der Waals surface area contributed by atoms with Crippen LogP contribution in [0.4, 0.5) is 8.78 Å². The molecule has 20 heavy (non-hydrogen) atoms. The van der Waals surface area contributed by atoms with Crippen LogP contribution in [0.25, 0.3) is 0 Å². The van der Waals surface area contributed by atoms with Gasteiger partial charge in [0.25, 0.3) is 0 Å². The van der Waals surface area contributed by atoms with E-state index >= 15 is 0 Å². The first kappa shape index (κ1) is 14.5. The van der Waals surface area contributed by atoms with Gasteiger partial charge in [-0.2, -0.15) is 0 Å². The van der Waals surface area contributed by atoms with Crippen molar-refractivity contribution < 1.29 is 13.5 Å². The molecular formula is C16H17F2NO. The number of methoxy groups -OCH3 is 1. The summed E-state index contributed by atoms with van der Waals surface area (Å²) in [6.45, 7) is 2.23. The topological polar surface area (TPSA) is 21.3 Å². The van der Waals surface area contributed by atoms with Gasteiger partial charge in [0.1, 0.15) is 17.4 Å². The third kappa shape index (κ3) is 3.54. The van der Waals surface area contributed by atoms with Gasteiger partial charge in [0.2, 0.25) is 0 Å². The summed E-state index contributed by atoms with van der Waals surface area (Å²) in [5, 5.41) is 3.17. The molecule has 0 heterocycles. The minimum absolute atomic E-state index is 0.00719. The molecule has 0 aromatic heterocycles. The van der Waals surface area contributed by atoms with Crippen LogP contribution in [0, 0.1) is 11.6 Å². The maximum absolute atomic E-state index is 13.5. The molecule has 0 spiro atoms. The number of hydrogen-bond acceptors (Lipinski definition) is 2. The van der Waals surface area contributed by atoms with Crippen LogP contribution in [0.3, 0.4) is 0 Å². The Morgan fingerprint density at radius 1 is 1.15 bits per heavy atom. The largest absolute Gasteiger partial charge is 0.497 e. The molecule has 0 unspecified atom stereocenters. The minimum atomic E-state index is -0.433. The van der Waals surface area contributed by atoms with E-state index in [9.17, 15) is 8.78 Å². The first-order valence-electron chi connectivity index (χ1n) is 6.41. The van der Waals surface area contributed by atoms with Gasteiger partial charge in [-0.05, 0) is 42.8 Å². The fraction of sp³-hybridized carbons (Fsp3) is 0.250. The lowest BCUT2D eigenvalue weighted by Gasteiger charge is -2.15. The zero-order chi connectivity index (χ0) is 14.5. The smallest absolute Gasteiger partial charge is 0.127 e. The van der Waals surface area contributed by atoms with Crippen LogP contribution in [0.2, 0.25) is 0 Å². The molecule has 0 aliphatic carbocycles. The Hall–Kier alpha value is -1.94. The predicted molar refractivity (Wildman–Crippen MR) is 74.6 cm³/mol. The minimum Gasteiger partial charge on any atom is -0.497 e. The fourth-order valence-corrected chi connectivity index (χ4v) is 1.97. The highest BCUT2D eigenvalue weighted by Gasteiger charge is 2.08. The Labute approximate surface area is 117 Å². The monoisotopic (exact) mass is 277 g/mol. The van der Waals surface area contributed by atoms with Crippen molar-refractivity contribution in [1.29, 1.82) is 0 Å². The fourth-order valence-electron chi connectivity index (χ4n) is 1.97. The lowest BCUT2D eigenvalue weighted by molar-refractivity contribution is 0.413. The van der Waals surface area contributed by atoms with Gasteiger partial charge >= 0.3 is 0 Å². The lowest BCUT2D eigenvalue weighted by Crippen LogP contribution is -2.19. The van der Waals surface area contributed by atoms with E-state index in [-0.39, 0.29) is 12.6 Å². The second-order valence-electron chi connectivity index (χ2n) is 4.61. The summed E-state index contributed by atoms with van der Waals surface area (Å²) in [5.74, 6) is -0.0675. The molecule has 0 bridgehead atoms. The van der Waals surface area contributed by atoms with Crippen molar-refractivity contribution in [3.8, 4) is 5.75 Å². The molecule has 0 saturated carbocycles. The number of ether oxygens (including phenoxy) is 1. The predicted octanol–water partition coefficient (Wildman–Crippen LogP) is 3.82. The van der Waals surface area contributed by atoms with Crippen molar-refractivity contribution in [3.05, 3.63) is 65.2 Å². The van der Waals surface area contributed by atoms with Crippen LogP contribution in [-0.4, -0.2) is 7.11 Å². The average molecular weight is 277 g/mol. The number of nitrogens with one attached hydrogen (secondary N) is 1. The highest BCUT2D eigenvalue weighted by atomic mass is 19.1. The van der Waals surface area contributed by atoms with Gasteiger partial charge < -0.3 is 10.1 Å². The summed E-state index contributed by atoms with van der Waals surface area (Å²) in [7, 11) is 1.61. The standard InChI is InChI=1S/C16H17F2NO/c1-11(12-4-3-5-15(9-12)20-2)19-10-13-8-14(17)6-7-16(13)18/h3-9,11,19H,10H2,1-2H3/t11-/m1/s1. The van der Waals surface area contributed by atoms with Gasteiger partial charge in [-0.15, -0.1) is 0 Å². The number of benzene rings is 2. The van der Waals surface area contributed by atoms with E-state index in [2.05, 4.69) is 5.32 Å². The number of hydrogen-bond donors (Lipinski definition) is 1. The second kappa shape index (κ2) is 6.48. The van der Waals surface area contributed by atoms with Crippen LogP contribution < -0.4 is 10.1 Å². The van der Waals surface area contributed by atoms with Gasteiger partial charge in [-0.3, -0.25) is 0 Å². The molecule has 4 heteroatoms. The zero-order valence-corrected chi connectivity index (χ0v) is 11.5. The van der Waals surface area contributed by atoms with Crippen molar-refractivity contribution >= 4 is 0 Å². The molecule has 106 valence electrons. The first-order valence-corrected chi connectivity index (χ1v) is 6.41. The number of rotatable bonds is 5. The van der Waals surface area contributed by atoms with Gasteiger partial charge in [0.05, 0.1) is 7.11 Å². The SMILES string of the molecule is COc1cccc([C@@H](C)NCc2cc(F)ccc2F)c1. The molecule has 0 saturated heterocycles. The van der Waals surface area contributed by atoms with Crippen molar-refractivity contribution in [2.24, 2.45) is 0 Å². The molecule has 1 N–H and O–H groups in total. The normalized spacial score (nSPS) is 12.2. The molecule has 2 nitrogen and oxygen atoms in total. The highest BCUT2D eigenvalue weighted by molar-refractivity contribution is 5.30. The molecule has 1 atom stereocenters. The van der Waals surface area contributed by atoms with E-state index in [1.807, 2.05) is 31.2 Å². The molecule has 0 aliphatic heterocycles. The van der Waals surface area contributed by atoms with Gasteiger partial charge in [0.15, 0.2) is 0 Å². The Kier molecular flexibility index (Phi) is 4.69. The summed E-state index contributed by atoms with van der Waals surface area (Å²) in [5.41, 5.74) is 1.35. The molecule has 2 aromatic carbocycles. The first-order chi connectivity index (χ1) is 9.60. The summed E-state index contributed by atoms with van der Waals surface area (Å²) in [4.78, 5) is 0. The summed E-state index contributed by atoms with van der Waals surface area (Å²) >= 11 is 0. The number of halogens is 2. The average Bonchev–Trinajstić information content (AvgIpc) is 2.48.